The molecule has 0 amide bonds. The molecule has 1 atom stereocenters. The van der Waals surface area contributed by atoms with E-state index in [9.17, 15) is 5.11 Å². The van der Waals surface area contributed by atoms with Crippen molar-refractivity contribution in [1.82, 2.24) is 0 Å². The number of rotatable bonds is 3. The molecule has 2 rings (SSSR count). The van der Waals surface area contributed by atoms with Gasteiger partial charge < -0.3 is 15.7 Å². The fraction of sp³-hybridized carbons (Fsp3) is 0.600. The van der Waals surface area contributed by atoms with Crippen LogP contribution in [0.25, 0.3) is 0 Å². The number of nitrogens with two attached hydrogens (primary N) is 1. The Morgan fingerprint density at radius 1 is 1.39 bits per heavy atom. The molecule has 1 heterocycles. The molecule has 0 aromatic heterocycles. The average molecular weight is 248 g/mol. The first-order valence-corrected chi connectivity index (χ1v) is 6.84. The summed E-state index contributed by atoms with van der Waals surface area (Å²) in [6.07, 6.45) is 1.95. The third kappa shape index (κ3) is 2.85. The number of aryl methyl sites for hydroxylation is 1. The molecule has 3 heteroatoms. The van der Waals surface area contributed by atoms with Crippen molar-refractivity contribution in [3.63, 3.8) is 0 Å². The van der Waals surface area contributed by atoms with E-state index in [1.807, 2.05) is 6.92 Å². The van der Waals surface area contributed by atoms with Gasteiger partial charge >= 0.3 is 0 Å². The molecule has 0 saturated carbocycles. The lowest BCUT2D eigenvalue weighted by atomic mass is 9.91. The van der Waals surface area contributed by atoms with Gasteiger partial charge in [-0.1, -0.05) is 12.1 Å². The van der Waals surface area contributed by atoms with E-state index in [-0.39, 0.29) is 6.10 Å². The van der Waals surface area contributed by atoms with E-state index in [1.54, 1.807) is 0 Å². The number of piperidine rings is 1. The first-order valence-electron chi connectivity index (χ1n) is 6.84. The maximum Gasteiger partial charge on any atom is 0.0541 e. The Kier molecular flexibility index (Phi) is 4.25. The Bertz CT molecular complexity index is 395. The van der Waals surface area contributed by atoms with Gasteiger partial charge in [0.2, 0.25) is 0 Å². The van der Waals surface area contributed by atoms with E-state index in [4.69, 9.17) is 5.73 Å². The van der Waals surface area contributed by atoms with E-state index < -0.39 is 0 Å². The van der Waals surface area contributed by atoms with Gasteiger partial charge in [-0.2, -0.15) is 0 Å². The second-order valence-corrected chi connectivity index (χ2v) is 5.40. The summed E-state index contributed by atoms with van der Waals surface area (Å²) in [5.41, 5.74) is 9.59. The van der Waals surface area contributed by atoms with E-state index in [0.717, 1.165) is 25.9 Å². The van der Waals surface area contributed by atoms with Crippen LogP contribution in [0.4, 0.5) is 5.69 Å². The molecule has 1 unspecified atom stereocenters. The van der Waals surface area contributed by atoms with Crippen molar-refractivity contribution in [2.45, 2.75) is 39.3 Å². The van der Waals surface area contributed by atoms with Gasteiger partial charge in [-0.05, 0) is 49.8 Å². The lowest BCUT2D eigenvalue weighted by Crippen LogP contribution is -2.37. The van der Waals surface area contributed by atoms with Crippen LogP contribution in [0.2, 0.25) is 0 Å². The van der Waals surface area contributed by atoms with Crippen LogP contribution >= 0.6 is 0 Å². The van der Waals surface area contributed by atoms with Crippen molar-refractivity contribution in [3.05, 3.63) is 29.3 Å². The van der Waals surface area contributed by atoms with Gasteiger partial charge in [-0.15, -0.1) is 0 Å². The highest BCUT2D eigenvalue weighted by Crippen LogP contribution is 2.28. The molecule has 0 radical (unpaired) electrons. The molecular weight excluding hydrogens is 224 g/mol. The van der Waals surface area contributed by atoms with Crippen LogP contribution in [0.1, 0.15) is 30.9 Å². The first kappa shape index (κ1) is 13.4. The standard InChI is InChI=1S/C15H24N2O/c1-11-3-4-14(10-16)15(9-11)17-7-5-13(6-8-17)12(2)18/h3-4,9,12-13,18H,5-8,10,16H2,1-2H3. The van der Waals surface area contributed by atoms with Gasteiger partial charge in [-0.25, -0.2) is 0 Å². The topological polar surface area (TPSA) is 49.5 Å². The zero-order chi connectivity index (χ0) is 13.1. The molecule has 3 nitrogen and oxygen atoms in total. The smallest absolute Gasteiger partial charge is 0.0541 e. The van der Waals surface area contributed by atoms with Gasteiger partial charge in [0.25, 0.3) is 0 Å². The van der Waals surface area contributed by atoms with E-state index in [2.05, 4.69) is 30.0 Å². The third-order valence-corrected chi connectivity index (χ3v) is 4.02. The number of nitrogens with zero attached hydrogens (tertiary/aromatic N) is 1. The molecule has 100 valence electrons. The molecule has 0 spiro atoms. The molecule has 0 aliphatic carbocycles. The first-order chi connectivity index (χ1) is 8.61. The minimum Gasteiger partial charge on any atom is -0.393 e. The second kappa shape index (κ2) is 5.72. The number of hydrogen-bond donors (Lipinski definition) is 2. The third-order valence-electron chi connectivity index (χ3n) is 4.02. The number of hydrogen-bond acceptors (Lipinski definition) is 3. The lowest BCUT2D eigenvalue weighted by molar-refractivity contribution is 0.110. The van der Waals surface area contributed by atoms with Crippen molar-refractivity contribution >= 4 is 5.69 Å². The zero-order valence-corrected chi connectivity index (χ0v) is 11.4. The van der Waals surface area contributed by atoms with E-state index in [1.165, 1.54) is 16.8 Å². The van der Waals surface area contributed by atoms with Gasteiger partial charge in [0.15, 0.2) is 0 Å². The molecule has 0 bridgehead atoms. The Hall–Kier alpha value is -1.06. The predicted molar refractivity (Wildman–Crippen MR) is 75.7 cm³/mol. The van der Waals surface area contributed by atoms with Gasteiger partial charge in [0, 0.05) is 25.3 Å². The van der Waals surface area contributed by atoms with Crippen molar-refractivity contribution in [2.75, 3.05) is 18.0 Å². The maximum absolute atomic E-state index is 9.64. The number of benzene rings is 1. The molecule has 1 aromatic rings. The van der Waals surface area contributed by atoms with E-state index in [0.29, 0.717) is 12.5 Å². The average Bonchev–Trinajstić information content (AvgIpc) is 2.39. The fourth-order valence-electron chi connectivity index (χ4n) is 2.76. The normalized spacial score (nSPS) is 19.0. The van der Waals surface area contributed by atoms with Crippen molar-refractivity contribution in [2.24, 2.45) is 11.7 Å². The summed E-state index contributed by atoms with van der Waals surface area (Å²) in [7, 11) is 0. The Balaban J connectivity index is 2.11. The highest BCUT2D eigenvalue weighted by atomic mass is 16.3. The molecule has 1 fully saturated rings. The molecular formula is C15H24N2O. The van der Waals surface area contributed by atoms with Gasteiger partial charge in [-0.3, -0.25) is 0 Å². The molecule has 1 aromatic carbocycles. The molecule has 1 aliphatic rings. The lowest BCUT2D eigenvalue weighted by Gasteiger charge is -2.36. The highest BCUT2D eigenvalue weighted by molar-refractivity contribution is 5.55. The molecule has 1 aliphatic heterocycles. The predicted octanol–water partition coefficient (Wildman–Crippen LogP) is 2.05. The number of aliphatic hydroxyl groups is 1. The minimum absolute atomic E-state index is 0.182. The second-order valence-electron chi connectivity index (χ2n) is 5.40. The Morgan fingerprint density at radius 3 is 2.61 bits per heavy atom. The van der Waals surface area contributed by atoms with Crippen LogP contribution in [-0.2, 0) is 6.54 Å². The molecule has 18 heavy (non-hydrogen) atoms. The SMILES string of the molecule is Cc1ccc(CN)c(N2CCC(C(C)O)CC2)c1. The summed E-state index contributed by atoms with van der Waals surface area (Å²) in [4.78, 5) is 2.41. The number of anilines is 1. The van der Waals surface area contributed by atoms with Crippen molar-refractivity contribution in [1.29, 1.82) is 0 Å². The molecule has 3 N–H and O–H groups in total. The number of aliphatic hydroxyl groups excluding tert-OH is 1. The van der Waals surface area contributed by atoms with Crippen LogP contribution in [0.3, 0.4) is 0 Å². The summed E-state index contributed by atoms with van der Waals surface area (Å²) in [6.45, 7) is 6.65. The van der Waals surface area contributed by atoms with Gasteiger partial charge in [0.05, 0.1) is 6.10 Å². The monoisotopic (exact) mass is 248 g/mol. The summed E-state index contributed by atoms with van der Waals surface area (Å²) in [5, 5.41) is 9.64. The maximum atomic E-state index is 9.64. The zero-order valence-electron chi connectivity index (χ0n) is 11.4. The van der Waals surface area contributed by atoms with Crippen molar-refractivity contribution < 1.29 is 5.11 Å². The fourth-order valence-corrected chi connectivity index (χ4v) is 2.76. The van der Waals surface area contributed by atoms with Crippen LogP contribution in [-0.4, -0.2) is 24.3 Å². The van der Waals surface area contributed by atoms with E-state index >= 15 is 0 Å². The summed E-state index contributed by atoms with van der Waals surface area (Å²) in [6, 6.07) is 6.48. The molecule has 1 saturated heterocycles. The largest absolute Gasteiger partial charge is 0.393 e. The van der Waals surface area contributed by atoms with Crippen LogP contribution in [0, 0.1) is 12.8 Å². The quantitative estimate of drug-likeness (QED) is 0.860. The summed E-state index contributed by atoms with van der Waals surface area (Å²) < 4.78 is 0. The van der Waals surface area contributed by atoms with Crippen LogP contribution < -0.4 is 10.6 Å². The van der Waals surface area contributed by atoms with Crippen molar-refractivity contribution in [3.8, 4) is 0 Å². The highest BCUT2D eigenvalue weighted by Gasteiger charge is 2.23. The van der Waals surface area contributed by atoms with Gasteiger partial charge in [0.1, 0.15) is 0 Å². The van der Waals surface area contributed by atoms with Crippen LogP contribution in [0.5, 0.6) is 0 Å². The summed E-state index contributed by atoms with van der Waals surface area (Å²) >= 11 is 0. The van der Waals surface area contributed by atoms with Crippen LogP contribution in [0.15, 0.2) is 18.2 Å². The Morgan fingerprint density at radius 2 is 2.06 bits per heavy atom. The Labute approximate surface area is 110 Å². The minimum atomic E-state index is -0.182. The summed E-state index contributed by atoms with van der Waals surface area (Å²) in [5.74, 6) is 0.451.